The van der Waals surface area contributed by atoms with E-state index in [-0.39, 0.29) is 0 Å². The summed E-state index contributed by atoms with van der Waals surface area (Å²) in [5.74, 6) is -6.60. The second-order valence-electron chi connectivity index (χ2n) is 2.80. The van der Waals surface area contributed by atoms with Gasteiger partial charge in [-0.1, -0.05) is 0 Å². The first-order valence-corrected chi connectivity index (χ1v) is 5.07. The summed E-state index contributed by atoms with van der Waals surface area (Å²) in [4.78, 5) is 9.80. The summed E-state index contributed by atoms with van der Waals surface area (Å²) < 4.78 is 62.0. The smallest absolute Gasteiger partial charge is 0.268 e. The third-order valence-corrected chi connectivity index (χ3v) is 3.25. The van der Waals surface area contributed by atoms with Gasteiger partial charge in [-0.3, -0.25) is 4.79 Å². The van der Waals surface area contributed by atoms with Crippen molar-refractivity contribution in [2.45, 2.75) is 4.90 Å². The van der Waals surface area contributed by atoms with Gasteiger partial charge >= 0.3 is 0 Å². The van der Waals surface area contributed by atoms with E-state index in [1.165, 1.54) is 4.72 Å². The number of sulfonamides is 1. The number of carbonyl (C=O) groups excluding carboxylic acids is 1. The van der Waals surface area contributed by atoms with E-state index in [1.54, 1.807) is 0 Å². The molecule has 0 atom stereocenters. The number of rotatable bonds is 0. The summed E-state index contributed by atoms with van der Waals surface area (Å²) in [5.41, 5.74) is -0.730. The van der Waals surface area contributed by atoms with Crippen LogP contribution in [0, 0.1) is 17.5 Å². The summed E-state index contributed by atoms with van der Waals surface area (Å²) in [6.07, 6.45) is 0. The zero-order chi connectivity index (χ0) is 11.4. The highest BCUT2D eigenvalue weighted by Crippen LogP contribution is 2.28. The van der Waals surface area contributed by atoms with Gasteiger partial charge in [0.05, 0.1) is 5.56 Å². The molecule has 1 amide bonds. The van der Waals surface area contributed by atoms with E-state index in [4.69, 9.17) is 0 Å². The maximum atomic E-state index is 13.0. The van der Waals surface area contributed by atoms with Gasteiger partial charge in [0.2, 0.25) is 0 Å². The topological polar surface area (TPSA) is 63.2 Å². The molecule has 1 aliphatic heterocycles. The summed E-state index contributed by atoms with van der Waals surface area (Å²) >= 11 is 0. The molecular formula is C7H2F3NO3S. The molecule has 1 aliphatic rings. The van der Waals surface area contributed by atoms with Crippen LogP contribution in [0.15, 0.2) is 11.0 Å². The maximum Gasteiger partial charge on any atom is 0.268 e. The molecule has 0 aromatic heterocycles. The number of fused-ring (bicyclic) bond motifs is 1. The van der Waals surface area contributed by atoms with Crippen molar-refractivity contribution in [2.75, 3.05) is 0 Å². The highest BCUT2D eigenvalue weighted by molar-refractivity contribution is 7.90. The Labute approximate surface area is 81.8 Å². The third kappa shape index (κ3) is 1.21. The van der Waals surface area contributed by atoms with Crippen LogP contribution in [0.1, 0.15) is 10.4 Å². The van der Waals surface area contributed by atoms with Crippen LogP contribution >= 0.6 is 0 Å². The van der Waals surface area contributed by atoms with Crippen LogP contribution < -0.4 is 4.72 Å². The minimum Gasteiger partial charge on any atom is -0.268 e. The van der Waals surface area contributed by atoms with Gasteiger partial charge in [0, 0.05) is 0 Å². The lowest BCUT2D eigenvalue weighted by Crippen LogP contribution is -2.21. The zero-order valence-corrected chi connectivity index (χ0v) is 7.66. The van der Waals surface area contributed by atoms with Crippen molar-refractivity contribution >= 4 is 15.9 Å². The molecule has 80 valence electrons. The number of benzene rings is 1. The van der Waals surface area contributed by atoms with Crippen molar-refractivity contribution in [1.29, 1.82) is 0 Å². The fourth-order valence-electron chi connectivity index (χ4n) is 1.24. The van der Waals surface area contributed by atoms with Crippen LogP contribution in [-0.2, 0) is 10.0 Å². The molecule has 0 saturated heterocycles. The average molecular weight is 237 g/mol. The van der Waals surface area contributed by atoms with Crippen molar-refractivity contribution in [2.24, 2.45) is 0 Å². The standard InChI is InChI=1S/C7H2F3NO3S/c8-3-1-2-6(5(10)4(3)9)15(13,14)11-7(2)12/h1H,(H,11,12). The largest absolute Gasteiger partial charge is 0.268 e. The van der Waals surface area contributed by atoms with Gasteiger partial charge in [-0.25, -0.2) is 26.3 Å². The van der Waals surface area contributed by atoms with Crippen LogP contribution in [-0.4, -0.2) is 14.3 Å². The minimum absolute atomic E-state index is 0.341. The Morgan fingerprint density at radius 1 is 1.13 bits per heavy atom. The normalized spacial score (nSPS) is 17.4. The zero-order valence-electron chi connectivity index (χ0n) is 6.84. The molecule has 1 heterocycles. The Kier molecular flexibility index (Phi) is 1.81. The SMILES string of the molecule is O=C1NS(=O)(=O)c2c1cc(F)c(F)c2F. The molecule has 0 bridgehead atoms. The number of amides is 1. The fraction of sp³-hybridized carbons (Fsp3) is 0. The Morgan fingerprint density at radius 3 is 2.33 bits per heavy atom. The monoisotopic (exact) mass is 237 g/mol. The van der Waals surface area contributed by atoms with E-state index in [0.29, 0.717) is 6.07 Å². The van der Waals surface area contributed by atoms with E-state index in [2.05, 4.69) is 0 Å². The van der Waals surface area contributed by atoms with Crippen LogP contribution in [0.5, 0.6) is 0 Å². The minimum atomic E-state index is -4.41. The molecule has 0 radical (unpaired) electrons. The van der Waals surface area contributed by atoms with Gasteiger partial charge in [0.25, 0.3) is 15.9 Å². The first kappa shape index (κ1) is 9.97. The van der Waals surface area contributed by atoms with Crippen molar-refractivity contribution < 1.29 is 26.4 Å². The predicted molar refractivity (Wildman–Crippen MR) is 41.0 cm³/mol. The lowest BCUT2D eigenvalue weighted by Gasteiger charge is -1.99. The molecular weight excluding hydrogens is 235 g/mol. The van der Waals surface area contributed by atoms with Crippen LogP contribution in [0.4, 0.5) is 13.2 Å². The van der Waals surface area contributed by atoms with E-state index in [0.717, 1.165) is 0 Å². The molecule has 0 aliphatic carbocycles. The van der Waals surface area contributed by atoms with E-state index >= 15 is 0 Å². The summed E-state index contributed by atoms with van der Waals surface area (Å²) in [6.45, 7) is 0. The van der Waals surface area contributed by atoms with Crippen molar-refractivity contribution in [1.82, 2.24) is 4.72 Å². The predicted octanol–water partition coefficient (Wildman–Crippen LogP) is 0.536. The van der Waals surface area contributed by atoms with Crippen molar-refractivity contribution in [3.8, 4) is 0 Å². The highest BCUT2D eigenvalue weighted by atomic mass is 32.2. The summed E-state index contributed by atoms with van der Waals surface area (Å²) in [5, 5.41) is 0. The van der Waals surface area contributed by atoms with Crippen LogP contribution in [0.2, 0.25) is 0 Å². The molecule has 1 aromatic carbocycles. The molecule has 4 nitrogen and oxygen atoms in total. The third-order valence-electron chi connectivity index (χ3n) is 1.86. The molecule has 0 fully saturated rings. The quantitative estimate of drug-likeness (QED) is 0.669. The number of hydrogen-bond donors (Lipinski definition) is 1. The van der Waals surface area contributed by atoms with Gasteiger partial charge in [-0.05, 0) is 6.07 Å². The second-order valence-corrected chi connectivity index (χ2v) is 4.42. The molecule has 1 aromatic rings. The molecule has 0 saturated carbocycles. The van der Waals surface area contributed by atoms with E-state index in [9.17, 15) is 26.4 Å². The molecule has 2 rings (SSSR count). The van der Waals surface area contributed by atoms with Gasteiger partial charge in [0.1, 0.15) is 4.90 Å². The second kappa shape index (κ2) is 2.72. The molecule has 0 unspecified atom stereocenters. The molecule has 0 spiro atoms. The highest BCUT2D eigenvalue weighted by Gasteiger charge is 2.38. The Balaban J connectivity index is 2.94. The summed E-state index contributed by atoms with van der Waals surface area (Å²) in [6, 6.07) is 0.341. The van der Waals surface area contributed by atoms with E-state index < -0.39 is 43.8 Å². The maximum absolute atomic E-state index is 13.0. The molecule has 1 N–H and O–H groups in total. The average Bonchev–Trinajstić information content (AvgIpc) is 2.33. The van der Waals surface area contributed by atoms with E-state index in [1.807, 2.05) is 0 Å². The van der Waals surface area contributed by atoms with Crippen LogP contribution in [0.25, 0.3) is 0 Å². The first-order valence-electron chi connectivity index (χ1n) is 3.59. The summed E-state index contributed by atoms with van der Waals surface area (Å²) in [7, 11) is -4.41. The Morgan fingerprint density at radius 2 is 1.73 bits per heavy atom. The lowest BCUT2D eigenvalue weighted by atomic mass is 10.2. The molecule has 8 heteroatoms. The number of hydrogen-bond acceptors (Lipinski definition) is 3. The van der Waals surface area contributed by atoms with Crippen LogP contribution in [0.3, 0.4) is 0 Å². The Bertz CT molecular complexity index is 582. The molecule has 15 heavy (non-hydrogen) atoms. The fourth-order valence-corrected chi connectivity index (χ4v) is 2.46. The van der Waals surface area contributed by atoms with Gasteiger partial charge < -0.3 is 0 Å². The Hall–Kier alpha value is -1.57. The van der Waals surface area contributed by atoms with Crippen molar-refractivity contribution in [3.63, 3.8) is 0 Å². The van der Waals surface area contributed by atoms with Gasteiger partial charge in [-0.15, -0.1) is 0 Å². The number of nitrogens with one attached hydrogen (secondary N) is 1. The van der Waals surface area contributed by atoms with Gasteiger partial charge in [-0.2, -0.15) is 0 Å². The van der Waals surface area contributed by atoms with Gasteiger partial charge in [0.15, 0.2) is 17.5 Å². The van der Waals surface area contributed by atoms with Crippen molar-refractivity contribution in [3.05, 3.63) is 29.1 Å². The number of halogens is 3. The lowest BCUT2D eigenvalue weighted by molar-refractivity contribution is 0.0984. The first-order chi connectivity index (χ1) is 6.84. The number of carbonyl (C=O) groups is 1.